The van der Waals surface area contributed by atoms with Gasteiger partial charge in [0, 0.05) is 36.6 Å². The van der Waals surface area contributed by atoms with Crippen molar-refractivity contribution in [1.82, 2.24) is 15.5 Å². The maximum absolute atomic E-state index is 3.60. The number of nitrogens with zero attached hydrogens (tertiary/aromatic N) is 1. The van der Waals surface area contributed by atoms with E-state index >= 15 is 0 Å². The van der Waals surface area contributed by atoms with Gasteiger partial charge in [-0.2, -0.15) is 0 Å². The smallest absolute Gasteiger partial charge is 0.0701 e. The van der Waals surface area contributed by atoms with Gasteiger partial charge in [-0.1, -0.05) is 0 Å². The lowest BCUT2D eigenvalue weighted by Crippen LogP contribution is -2.50. The SMILES string of the molecule is CNC(CC1CN(C)CCN1)c1ccc(Br)s1. The summed E-state index contributed by atoms with van der Waals surface area (Å²) in [7, 11) is 4.24. The van der Waals surface area contributed by atoms with E-state index in [0.717, 1.165) is 26.1 Å². The van der Waals surface area contributed by atoms with Crippen LogP contribution in [0.3, 0.4) is 0 Å². The minimum absolute atomic E-state index is 0.454. The van der Waals surface area contributed by atoms with Gasteiger partial charge in [0.1, 0.15) is 0 Å². The van der Waals surface area contributed by atoms with E-state index < -0.39 is 0 Å². The third-order valence-corrected chi connectivity index (χ3v) is 5.00. The molecule has 1 aromatic rings. The van der Waals surface area contributed by atoms with Crippen molar-refractivity contribution in [2.45, 2.75) is 18.5 Å². The summed E-state index contributed by atoms with van der Waals surface area (Å²) in [5.74, 6) is 0. The van der Waals surface area contributed by atoms with Crippen molar-refractivity contribution in [2.24, 2.45) is 0 Å². The predicted molar refractivity (Wildman–Crippen MR) is 77.7 cm³/mol. The molecule has 3 nitrogen and oxygen atoms in total. The minimum Gasteiger partial charge on any atom is -0.312 e. The number of hydrogen-bond acceptors (Lipinski definition) is 4. The molecule has 0 aromatic carbocycles. The van der Waals surface area contributed by atoms with Gasteiger partial charge in [0.2, 0.25) is 0 Å². The second-order valence-corrected chi connectivity index (χ2v) is 7.13. The van der Waals surface area contributed by atoms with Crippen LogP contribution in [0.4, 0.5) is 0 Å². The molecule has 0 radical (unpaired) electrons. The van der Waals surface area contributed by atoms with Gasteiger partial charge in [0.25, 0.3) is 0 Å². The topological polar surface area (TPSA) is 27.3 Å². The van der Waals surface area contributed by atoms with Crippen LogP contribution in [0.1, 0.15) is 17.3 Å². The number of hydrogen-bond donors (Lipinski definition) is 2. The van der Waals surface area contributed by atoms with Crippen LogP contribution in [-0.4, -0.2) is 44.7 Å². The average Bonchev–Trinajstić information content (AvgIpc) is 2.73. The molecule has 2 unspecified atom stereocenters. The van der Waals surface area contributed by atoms with E-state index in [2.05, 4.69) is 50.6 Å². The van der Waals surface area contributed by atoms with E-state index in [1.165, 1.54) is 8.66 Å². The van der Waals surface area contributed by atoms with Gasteiger partial charge in [-0.3, -0.25) is 0 Å². The summed E-state index contributed by atoms with van der Waals surface area (Å²) in [6, 6.07) is 5.38. The normalized spacial score (nSPS) is 23.8. The molecule has 0 aliphatic carbocycles. The second-order valence-electron chi connectivity index (χ2n) is 4.63. The minimum atomic E-state index is 0.454. The fourth-order valence-electron chi connectivity index (χ4n) is 2.33. The van der Waals surface area contributed by atoms with Crippen molar-refractivity contribution in [3.63, 3.8) is 0 Å². The van der Waals surface area contributed by atoms with Gasteiger partial charge in [-0.05, 0) is 48.6 Å². The lowest BCUT2D eigenvalue weighted by molar-refractivity contribution is 0.222. The first-order valence-electron chi connectivity index (χ1n) is 6.03. The van der Waals surface area contributed by atoms with Crippen molar-refractivity contribution in [1.29, 1.82) is 0 Å². The molecule has 17 heavy (non-hydrogen) atoms. The maximum Gasteiger partial charge on any atom is 0.0701 e. The summed E-state index contributed by atoms with van der Waals surface area (Å²) in [4.78, 5) is 3.81. The molecule has 2 heterocycles. The molecule has 0 spiro atoms. The first kappa shape index (κ1) is 13.5. The van der Waals surface area contributed by atoms with Crippen molar-refractivity contribution in [2.75, 3.05) is 33.7 Å². The average molecular weight is 318 g/mol. The zero-order valence-corrected chi connectivity index (χ0v) is 12.8. The summed E-state index contributed by atoms with van der Waals surface area (Å²) in [5, 5.41) is 7.03. The zero-order chi connectivity index (χ0) is 12.3. The van der Waals surface area contributed by atoms with Crippen molar-refractivity contribution < 1.29 is 0 Å². The quantitative estimate of drug-likeness (QED) is 0.890. The molecular formula is C12H20BrN3S. The molecule has 2 N–H and O–H groups in total. The van der Waals surface area contributed by atoms with Gasteiger partial charge in [0.05, 0.1) is 3.79 Å². The van der Waals surface area contributed by atoms with Crippen molar-refractivity contribution in [3.05, 3.63) is 20.8 Å². The molecule has 2 rings (SSSR count). The summed E-state index contributed by atoms with van der Waals surface area (Å²) >= 11 is 5.35. The van der Waals surface area contributed by atoms with Crippen LogP contribution >= 0.6 is 27.3 Å². The van der Waals surface area contributed by atoms with Crippen LogP contribution in [0.5, 0.6) is 0 Å². The molecule has 1 aromatic heterocycles. The van der Waals surface area contributed by atoms with Gasteiger partial charge < -0.3 is 15.5 Å². The Morgan fingerprint density at radius 3 is 3.06 bits per heavy atom. The highest BCUT2D eigenvalue weighted by molar-refractivity contribution is 9.11. The number of halogens is 1. The predicted octanol–water partition coefficient (Wildman–Crippen LogP) is 2.06. The number of likely N-dealkylation sites (N-methyl/N-ethyl adjacent to an activating group) is 1. The third-order valence-electron chi connectivity index (χ3n) is 3.26. The van der Waals surface area contributed by atoms with Crippen LogP contribution in [0, 0.1) is 0 Å². The molecule has 1 fully saturated rings. The monoisotopic (exact) mass is 317 g/mol. The second kappa shape index (κ2) is 6.29. The van der Waals surface area contributed by atoms with E-state index in [-0.39, 0.29) is 0 Å². The number of nitrogens with one attached hydrogen (secondary N) is 2. The number of rotatable bonds is 4. The van der Waals surface area contributed by atoms with E-state index in [0.29, 0.717) is 12.1 Å². The van der Waals surface area contributed by atoms with E-state index in [4.69, 9.17) is 0 Å². The Hall–Kier alpha value is 0.0600. The fourth-order valence-corrected chi connectivity index (χ4v) is 3.87. The molecule has 0 amide bonds. The number of piperazine rings is 1. The molecule has 1 saturated heterocycles. The first-order valence-corrected chi connectivity index (χ1v) is 7.64. The lowest BCUT2D eigenvalue weighted by Gasteiger charge is -2.32. The molecule has 2 atom stereocenters. The van der Waals surface area contributed by atoms with Crippen LogP contribution in [-0.2, 0) is 0 Å². The standard InChI is InChI=1S/C12H20BrN3S/c1-14-10(11-3-4-12(13)17-11)7-9-8-16(2)6-5-15-9/h3-4,9-10,14-15H,5-8H2,1-2H3. The van der Waals surface area contributed by atoms with Gasteiger partial charge >= 0.3 is 0 Å². The third kappa shape index (κ3) is 3.76. The Morgan fingerprint density at radius 1 is 1.65 bits per heavy atom. The Bertz CT molecular complexity index is 355. The molecule has 96 valence electrons. The molecule has 0 bridgehead atoms. The Labute approximate surface area is 116 Å². The lowest BCUT2D eigenvalue weighted by atomic mass is 10.0. The molecule has 5 heteroatoms. The van der Waals surface area contributed by atoms with Crippen molar-refractivity contribution in [3.8, 4) is 0 Å². The van der Waals surface area contributed by atoms with Crippen LogP contribution in [0.15, 0.2) is 15.9 Å². The first-order chi connectivity index (χ1) is 8.19. The molecular weight excluding hydrogens is 298 g/mol. The van der Waals surface area contributed by atoms with Crippen LogP contribution in [0.25, 0.3) is 0 Å². The molecule has 0 saturated carbocycles. The molecule has 1 aliphatic heterocycles. The Balaban J connectivity index is 1.95. The highest BCUT2D eigenvalue weighted by atomic mass is 79.9. The van der Waals surface area contributed by atoms with Gasteiger partial charge in [0.15, 0.2) is 0 Å². The Kier molecular flexibility index (Phi) is 4.99. The zero-order valence-electron chi connectivity index (χ0n) is 10.4. The summed E-state index contributed by atoms with van der Waals surface area (Å²) in [5.41, 5.74) is 0. The van der Waals surface area contributed by atoms with Gasteiger partial charge in [-0.25, -0.2) is 0 Å². The Morgan fingerprint density at radius 2 is 2.47 bits per heavy atom. The largest absolute Gasteiger partial charge is 0.312 e. The summed E-state index contributed by atoms with van der Waals surface area (Å²) < 4.78 is 1.21. The van der Waals surface area contributed by atoms with Crippen LogP contribution < -0.4 is 10.6 Å². The maximum atomic E-state index is 3.60. The summed E-state index contributed by atoms with van der Waals surface area (Å²) in [6.07, 6.45) is 1.15. The van der Waals surface area contributed by atoms with Crippen molar-refractivity contribution >= 4 is 27.3 Å². The summed E-state index contributed by atoms with van der Waals surface area (Å²) in [6.45, 7) is 3.40. The number of thiophene rings is 1. The molecule has 1 aliphatic rings. The van der Waals surface area contributed by atoms with Crippen LogP contribution in [0.2, 0.25) is 0 Å². The highest BCUT2D eigenvalue weighted by Crippen LogP contribution is 2.29. The van der Waals surface area contributed by atoms with Gasteiger partial charge in [-0.15, -0.1) is 11.3 Å². The highest BCUT2D eigenvalue weighted by Gasteiger charge is 2.21. The van der Waals surface area contributed by atoms with E-state index in [1.807, 2.05) is 18.4 Å². The van der Waals surface area contributed by atoms with E-state index in [9.17, 15) is 0 Å². The fraction of sp³-hybridized carbons (Fsp3) is 0.667. The van der Waals surface area contributed by atoms with E-state index in [1.54, 1.807) is 0 Å².